The van der Waals surface area contributed by atoms with Crippen molar-refractivity contribution in [1.29, 1.82) is 0 Å². The maximum absolute atomic E-state index is 13.3. The molecular weight excluding hydrogens is 441 g/mol. The second-order valence-corrected chi connectivity index (χ2v) is 8.06. The minimum absolute atomic E-state index is 0.000229. The van der Waals surface area contributed by atoms with Gasteiger partial charge in [-0.2, -0.15) is 13.2 Å². The minimum atomic E-state index is -4.54. The molecule has 1 heterocycles. The van der Waals surface area contributed by atoms with Crippen LogP contribution >= 0.6 is 0 Å². The van der Waals surface area contributed by atoms with Crippen molar-refractivity contribution in [2.24, 2.45) is 0 Å². The van der Waals surface area contributed by atoms with Crippen LogP contribution in [0, 0.1) is 0 Å². The smallest absolute Gasteiger partial charge is 0.416 e. The number of ether oxygens (including phenoxy) is 1. The Bertz CT molecular complexity index is 1050. The Morgan fingerprint density at radius 3 is 2.42 bits per heavy atom. The minimum Gasteiger partial charge on any atom is -0.508 e. The van der Waals surface area contributed by atoms with Crippen molar-refractivity contribution >= 4 is 17.6 Å². The van der Waals surface area contributed by atoms with Crippen molar-refractivity contribution in [1.82, 2.24) is 10.2 Å². The molecule has 2 aromatic rings. The van der Waals surface area contributed by atoms with Crippen LogP contribution in [0.15, 0.2) is 48.5 Å². The molecule has 2 atom stereocenters. The normalized spacial score (nSPS) is 19.2. The lowest BCUT2D eigenvalue weighted by Gasteiger charge is -2.35. The SMILES string of the molecule is CN(C(=O)C(Cc1cccc(O)c1)NC(=O)c1ccc(C(F)(F)F)cc1)C1(C)COCC1=O. The number of phenols is 1. The molecule has 176 valence electrons. The molecule has 1 saturated heterocycles. The Kier molecular flexibility index (Phi) is 6.78. The number of carbonyl (C=O) groups excluding carboxylic acids is 3. The number of Topliss-reactive ketones (excluding diaryl/α,β-unsaturated/α-hetero) is 1. The van der Waals surface area contributed by atoms with Gasteiger partial charge in [0.1, 0.15) is 23.9 Å². The summed E-state index contributed by atoms with van der Waals surface area (Å²) in [6.45, 7) is 1.42. The van der Waals surface area contributed by atoms with Crippen LogP contribution in [0.5, 0.6) is 5.75 Å². The maximum Gasteiger partial charge on any atom is 0.416 e. The molecule has 33 heavy (non-hydrogen) atoms. The third-order valence-corrected chi connectivity index (χ3v) is 5.72. The van der Waals surface area contributed by atoms with Gasteiger partial charge in [0.2, 0.25) is 5.91 Å². The summed E-state index contributed by atoms with van der Waals surface area (Å²) >= 11 is 0. The molecule has 0 aromatic heterocycles. The molecule has 1 fully saturated rings. The first kappa shape index (κ1) is 24.2. The topological polar surface area (TPSA) is 95.9 Å². The van der Waals surface area contributed by atoms with E-state index < -0.39 is 35.1 Å². The van der Waals surface area contributed by atoms with Gasteiger partial charge in [-0.1, -0.05) is 12.1 Å². The van der Waals surface area contributed by atoms with Gasteiger partial charge in [-0.15, -0.1) is 0 Å². The van der Waals surface area contributed by atoms with Crippen LogP contribution in [-0.4, -0.2) is 59.4 Å². The average Bonchev–Trinajstić information content (AvgIpc) is 3.11. The van der Waals surface area contributed by atoms with Crippen LogP contribution in [0.1, 0.15) is 28.4 Å². The van der Waals surface area contributed by atoms with E-state index >= 15 is 0 Å². The molecule has 2 aromatic carbocycles. The van der Waals surface area contributed by atoms with E-state index in [2.05, 4.69) is 5.32 Å². The molecule has 0 spiro atoms. The molecule has 0 aliphatic carbocycles. The summed E-state index contributed by atoms with van der Waals surface area (Å²) in [7, 11) is 1.43. The average molecular weight is 464 g/mol. The van der Waals surface area contributed by atoms with Crippen LogP contribution in [-0.2, 0) is 26.9 Å². The predicted molar refractivity (Wildman–Crippen MR) is 112 cm³/mol. The van der Waals surface area contributed by atoms with Crippen molar-refractivity contribution in [3.05, 3.63) is 65.2 Å². The highest BCUT2D eigenvalue weighted by molar-refractivity contribution is 6.00. The first-order valence-corrected chi connectivity index (χ1v) is 10.1. The van der Waals surface area contributed by atoms with Crippen LogP contribution in [0.4, 0.5) is 13.2 Å². The molecule has 2 N–H and O–H groups in total. The Balaban J connectivity index is 1.85. The van der Waals surface area contributed by atoms with Gasteiger partial charge >= 0.3 is 6.18 Å². The number of carbonyl (C=O) groups is 3. The number of ketones is 1. The van der Waals surface area contributed by atoms with Gasteiger partial charge in [0.05, 0.1) is 12.2 Å². The van der Waals surface area contributed by atoms with Crippen LogP contribution in [0.25, 0.3) is 0 Å². The van der Waals surface area contributed by atoms with E-state index in [1.807, 2.05) is 0 Å². The van der Waals surface area contributed by atoms with E-state index in [1.165, 1.54) is 24.1 Å². The summed E-state index contributed by atoms with van der Waals surface area (Å²) in [5.74, 6) is -1.66. The molecular formula is C23H23F3N2O5. The van der Waals surface area contributed by atoms with Crippen LogP contribution < -0.4 is 5.32 Å². The Morgan fingerprint density at radius 1 is 1.21 bits per heavy atom. The van der Waals surface area contributed by atoms with E-state index in [-0.39, 0.29) is 36.7 Å². The van der Waals surface area contributed by atoms with Crippen molar-refractivity contribution < 1.29 is 37.4 Å². The molecule has 2 amide bonds. The molecule has 0 saturated carbocycles. The summed E-state index contributed by atoms with van der Waals surface area (Å²) in [5, 5.41) is 12.3. The largest absolute Gasteiger partial charge is 0.508 e. The molecule has 10 heteroatoms. The van der Waals surface area contributed by atoms with Crippen molar-refractivity contribution in [2.75, 3.05) is 20.3 Å². The zero-order valence-electron chi connectivity index (χ0n) is 18.0. The lowest BCUT2D eigenvalue weighted by atomic mass is 9.95. The number of hydrogen-bond acceptors (Lipinski definition) is 5. The number of nitrogens with one attached hydrogen (secondary N) is 1. The van der Waals surface area contributed by atoms with Crippen molar-refractivity contribution in [3.63, 3.8) is 0 Å². The second kappa shape index (κ2) is 9.22. The predicted octanol–water partition coefficient (Wildman–Crippen LogP) is 2.57. The highest BCUT2D eigenvalue weighted by atomic mass is 19.4. The molecule has 2 unspecified atom stereocenters. The number of aromatic hydroxyl groups is 1. The van der Waals surface area contributed by atoms with Gasteiger partial charge in [-0.3, -0.25) is 14.4 Å². The summed E-state index contributed by atoms with van der Waals surface area (Å²) < 4.78 is 43.6. The number of halogens is 3. The van der Waals surface area contributed by atoms with Gasteiger partial charge in [0, 0.05) is 19.0 Å². The fourth-order valence-electron chi connectivity index (χ4n) is 3.51. The monoisotopic (exact) mass is 464 g/mol. The first-order valence-electron chi connectivity index (χ1n) is 10.1. The van der Waals surface area contributed by atoms with Gasteiger partial charge in [0.15, 0.2) is 5.78 Å². The number of alkyl halides is 3. The van der Waals surface area contributed by atoms with E-state index in [0.29, 0.717) is 5.56 Å². The van der Waals surface area contributed by atoms with Gasteiger partial charge in [-0.05, 0) is 48.9 Å². The third-order valence-electron chi connectivity index (χ3n) is 5.72. The van der Waals surface area contributed by atoms with Gasteiger partial charge < -0.3 is 20.1 Å². The highest BCUT2D eigenvalue weighted by Crippen LogP contribution is 2.29. The van der Waals surface area contributed by atoms with Crippen LogP contribution in [0.3, 0.4) is 0 Å². The lowest BCUT2D eigenvalue weighted by Crippen LogP contribution is -2.58. The molecule has 3 rings (SSSR count). The molecule has 0 radical (unpaired) electrons. The summed E-state index contributed by atoms with van der Waals surface area (Å²) in [6, 6.07) is 8.54. The van der Waals surface area contributed by atoms with Gasteiger partial charge in [0.25, 0.3) is 5.91 Å². The number of hydrogen-bond donors (Lipinski definition) is 2. The van der Waals surface area contributed by atoms with Crippen molar-refractivity contribution in [3.8, 4) is 5.75 Å². The Morgan fingerprint density at radius 2 is 1.88 bits per heavy atom. The van der Waals surface area contributed by atoms with E-state index in [0.717, 1.165) is 24.3 Å². The van der Waals surface area contributed by atoms with Crippen molar-refractivity contribution in [2.45, 2.75) is 31.1 Å². The quantitative estimate of drug-likeness (QED) is 0.685. The highest BCUT2D eigenvalue weighted by Gasteiger charge is 2.46. The van der Waals surface area contributed by atoms with E-state index in [9.17, 15) is 32.7 Å². The summed E-state index contributed by atoms with van der Waals surface area (Å²) in [6.07, 6.45) is -4.56. The number of phenolic OH excluding ortho intramolecular Hbond substituents is 1. The number of rotatable bonds is 6. The molecule has 7 nitrogen and oxygen atoms in total. The lowest BCUT2D eigenvalue weighted by molar-refractivity contribution is -0.142. The fraction of sp³-hybridized carbons (Fsp3) is 0.348. The number of likely N-dealkylation sites (N-methyl/N-ethyl adjacent to an activating group) is 1. The number of nitrogens with zero attached hydrogens (tertiary/aromatic N) is 1. The summed E-state index contributed by atoms with van der Waals surface area (Å²) in [4.78, 5) is 39.6. The summed E-state index contributed by atoms with van der Waals surface area (Å²) in [5.41, 5.74) is -1.65. The third kappa shape index (κ3) is 5.33. The fourth-order valence-corrected chi connectivity index (χ4v) is 3.51. The second-order valence-electron chi connectivity index (χ2n) is 8.06. The molecule has 0 bridgehead atoms. The Labute approximate surface area is 188 Å². The Hall–Kier alpha value is -3.40. The number of benzene rings is 2. The first-order chi connectivity index (χ1) is 15.4. The van der Waals surface area contributed by atoms with Gasteiger partial charge in [-0.25, -0.2) is 0 Å². The number of amides is 2. The standard InChI is InChI=1S/C23H23F3N2O5/c1-22(13-33-12-19(22)30)28(2)21(32)18(11-14-4-3-5-17(29)10-14)27-20(31)15-6-8-16(9-7-15)23(24,25)26/h3-10,18,29H,11-13H2,1-2H3,(H,27,31). The maximum atomic E-state index is 13.3. The van der Waals surface area contributed by atoms with Crippen LogP contribution in [0.2, 0.25) is 0 Å². The molecule has 1 aliphatic rings. The zero-order valence-corrected chi connectivity index (χ0v) is 18.0. The molecule has 1 aliphatic heterocycles. The van der Waals surface area contributed by atoms with E-state index in [1.54, 1.807) is 19.1 Å². The van der Waals surface area contributed by atoms with E-state index in [4.69, 9.17) is 4.74 Å². The zero-order chi connectivity index (χ0) is 24.4.